The summed E-state index contributed by atoms with van der Waals surface area (Å²) in [6.45, 7) is 3.94. The number of benzene rings is 1. The van der Waals surface area contributed by atoms with Crippen LogP contribution in [-0.2, 0) is 6.18 Å². The maximum absolute atomic E-state index is 12.9. The van der Waals surface area contributed by atoms with Gasteiger partial charge in [-0.1, -0.05) is 6.92 Å². The molecular formula is C13H14F3N3O4. The summed E-state index contributed by atoms with van der Waals surface area (Å²) in [5.74, 6) is 0.122. The maximum atomic E-state index is 12.9. The van der Waals surface area contributed by atoms with E-state index >= 15 is 0 Å². The van der Waals surface area contributed by atoms with Crippen molar-refractivity contribution in [2.75, 3.05) is 11.4 Å². The lowest BCUT2D eigenvalue weighted by atomic mass is 10.0. The zero-order valence-electron chi connectivity index (χ0n) is 12.3. The van der Waals surface area contributed by atoms with Crippen LogP contribution < -0.4 is 4.90 Å². The van der Waals surface area contributed by atoms with Gasteiger partial charge < -0.3 is 4.90 Å². The number of nitro groups is 2. The lowest BCUT2D eigenvalue weighted by Gasteiger charge is -2.25. The highest BCUT2D eigenvalue weighted by molar-refractivity contribution is 5.77. The van der Waals surface area contributed by atoms with Crippen molar-refractivity contribution in [2.24, 2.45) is 5.92 Å². The lowest BCUT2D eigenvalue weighted by molar-refractivity contribution is -0.393. The highest BCUT2D eigenvalue weighted by Crippen LogP contribution is 2.45. The number of alkyl halides is 3. The van der Waals surface area contributed by atoms with Crippen LogP contribution in [0.25, 0.3) is 0 Å². The smallest absolute Gasteiger partial charge is 0.357 e. The predicted octanol–water partition coefficient (Wildman–Crippen LogP) is 3.76. The number of nitro benzene ring substituents is 2. The van der Waals surface area contributed by atoms with Crippen molar-refractivity contribution < 1.29 is 23.0 Å². The molecule has 7 nitrogen and oxygen atoms in total. The average Bonchev–Trinajstić information content (AvgIpc) is 2.76. The van der Waals surface area contributed by atoms with Gasteiger partial charge in [-0.25, -0.2) is 0 Å². The van der Waals surface area contributed by atoms with E-state index in [0.29, 0.717) is 25.1 Å². The molecular weight excluding hydrogens is 319 g/mol. The minimum Gasteiger partial charge on any atom is -0.357 e. The van der Waals surface area contributed by atoms with Crippen molar-refractivity contribution in [3.63, 3.8) is 0 Å². The third-order valence-electron chi connectivity index (χ3n) is 4.22. The van der Waals surface area contributed by atoms with Gasteiger partial charge in [0, 0.05) is 24.7 Å². The fraction of sp³-hybridized carbons (Fsp3) is 0.538. The lowest BCUT2D eigenvalue weighted by Crippen LogP contribution is -2.30. The molecule has 1 aromatic rings. The van der Waals surface area contributed by atoms with Crippen LogP contribution in [0.2, 0.25) is 0 Å². The van der Waals surface area contributed by atoms with E-state index in [1.165, 1.54) is 4.90 Å². The molecule has 0 aliphatic carbocycles. The number of rotatable bonds is 3. The second-order valence-corrected chi connectivity index (χ2v) is 5.58. The summed E-state index contributed by atoms with van der Waals surface area (Å²) in [5, 5.41) is 22.4. The Hall–Kier alpha value is -2.39. The van der Waals surface area contributed by atoms with E-state index in [9.17, 15) is 33.4 Å². The molecule has 0 amide bonds. The van der Waals surface area contributed by atoms with Crippen LogP contribution in [0.4, 0.5) is 30.2 Å². The Morgan fingerprint density at radius 1 is 1.13 bits per heavy atom. The first-order chi connectivity index (χ1) is 10.5. The summed E-state index contributed by atoms with van der Waals surface area (Å²) in [6, 6.07) is 0.472. The molecule has 2 atom stereocenters. The molecule has 1 fully saturated rings. The Kier molecular flexibility index (Phi) is 4.18. The minimum absolute atomic E-state index is 0.122. The Labute approximate surface area is 129 Å². The van der Waals surface area contributed by atoms with Crippen LogP contribution in [0.5, 0.6) is 0 Å². The topological polar surface area (TPSA) is 89.5 Å². The molecule has 0 saturated carbocycles. The van der Waals surface area contributed by atoms with Crippen LogP contribution in [-0.4, -0.2) is 22.4 Å². The van der Waals surface area contributed by atoms with Gasteiger partial charge in [0.2, 0.25) is 0 Å². The van der Waals surface area contributed by atoms with Gasteiger partial charge in [-0.3, -0.25) is 20.2 Å². The number of hydrogen-bond acceptors (Lipinski definition) is 5. The third-order valence-corrected chi connectivity index (χ3v) is 4.22. The van der Waals surface area contributed by atoms with Crippen LogP contribution >= 0.6 is 0 Å². The van der Waals surface area contributed by atoms with E-state index in [0.717, 1.165) is 0 Å². The Bertz CT molecular complexity index is 627. The van der Waals surface area contributed by atoms with E-state index in [1.54, 1.807) is 6.92 Å². The third kappa shape index (κ3) is 3.06. The SMILES string of the molecule is CC1CCN(c2c([N+](=O)[O-])cc(C(F)(F)F)cc2[N+](=O)[O-])C1C. The van der Waals surface area contributed by atoms with Crippen molar-refractivity contribution in [2.45, 2.75) is 32.5 Å². The summed E-state index contributed by atoms with van der Waals surface area (Å²) in [4.78, 5) is 21.9. The van der Waals surface area contributed by atoms with Crippen LogP contribution in [0.3, 0.4) is 0 Å². The van der Waals surface area contributed by atoms with Crippen molar-refractivity contribution in [3.05, 3.63) is 37.9 Å². The van der Waals surface area contributed by atoms with Crippen LogP contribution in [0, 0.1) is 26.1 Å². The number of anilines is 1. The molecule has 1 aliphatic heterocycles. The number of nitrogens with zero attached hydrogens (tertiary/aromatic N) is 3. The first kappa shape index (κ1) is 17.0. The van der Waals surface area contributed by atoms with E-state index in [2.05, 4.69) is 0 Å². The van der Waals surface area contributed by atoms with Crippen molar-refractivity contribution >= 4 is 17.1 Å². The summed E-state index contributed by atoms with van der Waals surface area (Å²) in [6.07, 6.45) is -4.26. The van der Waals surface area contributed by atoms with Gasteiger partial charge in [-0.05, 0) is 19.3 Å². The van der Waals surface area contributed by atoms with Gasteiger partial charge in [0.25, 0.3) is 11.4 Å². The van der Waals surface area contributed by atoms with E-state index in [1.807, 2.05) is 6.92 Å². The molecule has 1 aromatic carbocycles. The first-order valence-electron chi connectivity index (χ1n) is 6.84. The predicted molar refractivity (Wildman–Crippen MR) is 75.3 cm³/mol. The molecule has 1 aliphatic rings. The molecule has 0 bridgehead atoms. The van der Waals surface area contributed by atoms with Gasteiger partial charge in [0.05, 0.1) is 15.4 Å². The van der Waals surface area contributed by atoms with Gasteiger partial charge >= 0.3 is 6.18 Å². The standard InChI is InChI=1S/C13H14F3N3O4/c1-7-3-4-17(8(7)2)12-10(18(20)21)5-9(13(14,15)16)6-11(12)19(22)23/h5-8H,3-4H2,1-2H3. The second kappa shape index (κ2) is 5.67. The highest BCUT2D eigenvalue weighted by Gasteiger charge is 2.41. The van der Waals surface area contributed by atoms with Crippen molar-refractivity contribution in [1.82, 2.24) is 0 Å². The second-order valence-electron chi connectivity index (χ2n) is 5.58. The molecule has 0 radical (unpaired) electrons. The monoisotopic (exact) mass is 333 g/mol. The molecule has 0 spiro atoms. The summed E-state index contributed by atoms with van der Waals surface area (Å²) in [5.41, 5.74) is -3.55. The maximum Gasteiger partial charge on any atom is 0.416 e. The number of halogens is 3. The molecule has 126 valence electrons. The minimum atomic E-state index is -4.90. The molecule has 2 unspecified atom stereocenters. The average molecular weight is 333 g/mol. The summed E-state index contributed by atoms with van der Waals surface area (Å²) >= 11 is 0. The quantitative estimate of drug-likeness (QED) is 0.620. The zero-order chi connectivity index (χ0) is 17.5. The Morgan fingerprint density at radius 3 is 1.91 bits per heavy atom. The highest BCUT2D eigenvalue weighted by atomic mass is 19.4. The molecule has 2 rings (SSSR count). The Morgan fingerprint density at radius 2 is 1.61 bits per heavy atom. The van der Waals surface area contributed by atoms with Crippen LogP contribution in [0.1, 0.15) is 25.8 Å². The normalized spacial score (nSPS) is 21.5. The molecule has 1 saturated heterocycles. The Balaban J connectivity index is 2.73. The largest absolute Gasteiger partial charge is 0.416 e. The zero-order valence-corrected chi connectivity index (χ0v) is 12.3. The van der Waals surface area contributed by atoms with Gasteiger partial charge in [-0.2, -0.15) is 13.2 Å². The molecule has 10 heteroatoms. The summed E-state index contributed by atoms with van der Waals surface area (Å²) in [7, 11) is 0. The fourth-order valence-corrected chi connectivity index (χ4v) is 2.75. The van der Waals surface area contributed by atoms with Crippen LogP contribution in [0.15, 0.2) is 12.1 Å². The first-order valence-corrected chi connectivity index (χ1v) is 6.84. The van der Waals surface area contributed by atoms with Crippen molar-refractivity contribution in [1.29, 1.82) is 0 Å². The van der Waals surface area contributed by atoms with Gasteiger partial charge in [0.15, 0.2) is 5.69 Å². The van der Waals surface area contributed by atoms with E-state index < -0.39 is 33.0 Å². The number of hydrogen-bond donors (Lipinski definition) is 0. The van der Waals surface area contributed by atoms with E-state index in [-0.39, 0.29) is 17.6 Å². The van der Waals surface area contributed by atoms with Gasteiger partial charge in [-0.15, -0.1) is 0 Å². The molecule has 23 heavy (non-hydrogen) atoms. The summed E-state index contributed by atoms with van der Waals surface area (Å²) < 4.78 is 38.6. The molecule has 0 aromatic heterocycles. The van der Waals surface area contributed by atoms with Gasteiger partial charge in [0.1, 0.15) is 0 Å². The van der Waals surface area contributed by atoms with E-state index in [4.69, 9.17) is 0 Å². The molecule has 0 N–H and O–H groups in total. The molecule has 1 heterocycles. The van der Waals surface area contributed by atoms with Crippen molar-refractivity contribution in [3.8, 4) is 0 Å². The fourth-order valence-electron chi connectivity index (χ4n) is 2.75.